The molecular formula is C20H17FN4OS. The molecule has 0 aromatic carbocycles. The lowest BCUT2D eigenvalue weighted by Gasteiger charge is -2.31. The van der Waals surface area contributed by atoms with Crippen molar-refractivity contribution in [3.05, 3.63) is 53.6 Å². The first-order chi connectivity index (χ1) is 13.0. The molecule has 0 amide bonds. The zero-order chi connectivity index (χ0) is 18.6. The number of ether oxygens (including phenoxy) is 1. The third-order valence-electron chi connectivity index (χ3n) is 4.77. The van der Waals surface area contributed by atoms with E-state index in [-0.39, 0.29) is 11.4 Å². The molecule has 5 heterocycles. The summed E-state index contributed by atoms with van der Waals surface area (Å²) in [5.41, 5.74) is 5.10. The molecule has 0 N–H and O–H groups in total. The van der Waals surface area contributed by atoms with E-state index in [9.17, 15) is 4.39 Å². The number of fused-ring (bicyclic) bond motifs is 2. The molecule has 0 atom stereocenters. The fourth-order valence-electron chi connectivity index (χ4n) is 3.49. The van der Waals surface area contributed by atoms with Gasteiger partial charge in [0.25, 0.3) is 0 Å². The van der Waals surface area contributed by atoms with E-state index in [1.165, 1.54) is 12.3 Å². The number of hydrogen-bond donors (Lipinski definition) is 0. The van der Waals surface area contributed by atoms with E-state index in [1.54, 1.807) is 17.4 Å². The molecule has 0 unspecified atom stereocenters. The van der Waals surface area contributed by atoms with Crippen LogP contribution in [-0.2, 0) is 17.9 Å². The number of halogens is 1. The number of nitrogens with zero attached hydrogens (tertiary/aromatic N) is 4. The maximum atomic E-state index is 13.4. The summed E-state index contributed by atoms with van der Waals surface area (Å²) in [5.74, 6) is -0.363. The van der Waals surface area contributed by atoms with Crippen LogP contribution in [0.4, 0.5) is 4.39 Å². The van der Waals surface area contributed by atoms with Crippen molar-refractivity contribution in [2.75, 3.05) is 0 Å². The van der Waals surface area contributed by atoms with E-state index in [4.69, 9.17) is 9.84 Å². The fraction of sp³-hybridized carbons (Fsp3) is 0.250. The summed E-state index contributed by atoms with van der Waals surface area (Å²) in [6.07, 6.45) is 3.04. The minimum atomic E-state index is -0.363. The van der Waals surface area contributed by atoms with Crippen LogP contribution in [0.3, 0.4) is 0 Å². The summed E-state index contributed by atoms with van der Waals surface area (Å²) < 4.78 is 22.6. The summed E-state index contributed by atoms with van der Waals surface area (Å²) in [6.45, 7) is 5.22. The van der Waals surface area contributed by atoms with Crippen molar-refractivity contribution in [2.24, 2.45) is 0 Å². The van der Waals surface area contributed by atoms with Gasteiger partial charge in [-0.05, 0) is 43.5 Å². The second-order valence-electron chi connectivity index (χ2n) is 7.23. The average Bonchev–Trinajstić information content (AvgIpc) is 3.25. The van der Waals surface area contributed by atoms with Gasteiger partial charge >= 0.3 is 0 Å². The zero-order valence-corrected chi connectivity index (χ0v) is 15.8. The van der Waals surface area contributed by atoms with Gasteiger partial charge in [-0.15, -0.1) is 11.3 Å². The third-order valence-corrected chi connectivity index (χ3v) is 5.71. The third kappa shape index (κ3) is 2.74. The number of pyridine rings is 2. The van der Waals surface area contributed by atoms with Crippen molar-refractivity contribution < 1.29 is 9.13 Å². The van der Waals surface area contributed by atoms with Gasteiger partial charge in [0, 0.05) is 17.3 Å². The number of hydrogen-bond acceptors (Lipinski definition) is 5. The maximum Gasteiger partial charge on any atom is 0.141 e. The Balaban J connectivity index is 1.79. The lowest BCUT2D eigenvalue weighted by Crippen LogP contribution is -2.36. The number of aromatic nitrogens is 4. The van der Waals surface area contributed by atoms with Crippen LogP contribution in [0.5, 0.6) is 0 Å². The van der Waals surface area contributed by atoms with E-state index < -0.39 is 0 Å². The molecular weight excluding hydrogens is 363 g/mol. The van der Waals surface area contributed by atoms with Crippen molar-refractivity contribution in [3.63, 3.8) is 0 Å². The van der Waals surface area contributed by atoms with Gasteiger partial charge in [0.2, 0.25) is 0 Å². The van der Waals surface area contributed by atoms with Crippen LogP contribution in [0.1, 0.15) is 19.5 Å². The molecule has 4 aromatic heterocycles. The van der Waals surface area contributed by atoms with Crippen LogP contribution in [0.2, 0.25) is 0 Å². The van der Waals surface area contributed by atoms with E-state index in [1.807, 2.05) is 28.4 Å². The topological polar surface area (TPSA) is 52.8 Å². The standard InChI is InChI=1S/C20H17FN4OS/c1-20(2)11-25-16(10-26-20)17(13-5-7-22-15-6-8-27-19(13)15)18(24-25)14-4-3-12(21)9-23-14/h3-9H,10-11H2,1-2H3. The van der Waals surface area contributed by atoms with Crippen molar-refractivity contribution in [1.82, 2.24) is 19.7 Å². The lowest BCUT2D eigenvalue weighted by atomic mass is 10.00. The Morgan fingerprint density at radius 3 is 2.89 bits per heavy atom. The van der Waals surface area contributed by atoms with Crippen molar-refractivity contribution in [1.29, 1.82) is 0 Å². The minimum absolute atomic E-state index is 0.291. The molecule has 136 valence electrons. The van der Waals surface area contributed by atoms with Crippen LogP contribution in [0.25, 0.3) is 32.7 Å². The molecule has 4 aromatic rings. The van der Waals surface area contributed by atoms with Gasteiger partial charge in [-0.3, -0.25) is 14.6 Å². The summed E-state index contributed by atoms with van der Waals surface area (Å²) in [6, 6.07) is 7.10. The highest BCUT2D eigenvalue weighted by atomic mass is 32.1. The molecule has 0 fully saturated rings. The molecule has 5 nitrogen and oxygen atoms in total. The van der Waals surface area contributed by atoms with Gasteiger partial charge in [0.1, 0.15) is 11.5 Å². The normalized spacial score (nSPS) is 15.8. The monoisotopic (exact) mass is 380 g/mol. The van der Waals surface area contributed by atoms with Gasteiger partial charge in [0.15, 0.2) is 0 Å². The van der Waals surface area contributed by atoms with Crippen LogP contribution in [0.15, 0.2) is 42.0 Å². The molecule has 1 aliphatic heterocycles. The molecule has 0 saturated heterocycles. The molecule has 0 spiro atoms. The first kappa shape index (κ1) is 16.5. The van der Waals surface area contributed by atoms with Crippen LogP contribution < -0.4 is 0 Å². The quantitative estimate of drug-likeness (QED) is 0.507. The van der Waals surface area contributed by atoms with Crippen molar-refractivity contribution >= 4 is 21.6 Å². The van der Waals surface area contributed by atoms with Crippen LogP contribution in [-0.4, -0.2) is 25.3 Å². The summed E-state index contributed by atoms with van der Waals surface area (Å²) in [5, 5.41) is 6.88. The fourth-order valence-corrected chi connectivity index (χ4v) is 4.36. The molecule has 5 rings (SSSR count). The molecule has 0 saturated carbocycles. The highest BCUT2D eigenvalue weighted by Gasteiger charge is 2.32. The Bertz CT molecular complexity index is 1150. The largest absolute Gasteiger partial charge is 0.367 e. The highest BCUT2D eigenvalue weighted by Crippen LogP contribution is 2.41. The van der Waals surface area contributed by atoms with Crippen LogP contribution in [0, 0.1) is 5.82 Å². The Morgan fingerprint density at radius 2 is 2.07 bits per heavy atom. The molecule has 1 aliphatic rings. The SMILES string of the molecule is CC1(C)Cn2nc(-c3ccc(F)cn3)c(-c3ccnc4ccsc34)c2CO1. The smallest absolute Gasteiger partial charge is 0.141 e. The van der Waals surface area contributed by atoms with Gasteiger partial charge in [-0.2, -0.15) is 5.10 Å². The van der Waals surface area contributed by atoms with E-state index in [2.05, 4.69) is 23.8 Å². The molecule has 7 heteroatoms. The number of thiophene rings is 1. The first-order valence-corrected chi connectivity index (χ1v) is 9.58. The second kappa shape index (κ2) is 5.94. The second-order valence-corrected chi connectivity index (χ2v) is 8.15. The molecule has 0 bridgehead atoms. The van der Waals surface area contributed by atoms with Crippen molar-refractivity contribution in [3.8, 4) is 22.5 Å². The Kier molecular flexibility index (Phi) is 3.63. The maximum absolute atomic E-state index is 13.4. The molecule has 27 heavy (non-hydrogen) atoms. The summed E-state index contributed by atoms with van der Waals surface area (Å²) in [7, 11) is 0. The summed E-state index contributed by atoms with van der Waals surface area (Å²) in [4.78, 5) is 8.73. The zero-order valence-electron chi connectivity index (χ0n) is 14.9. The molecule has 0 radical (unpaired) electrons. The van der Waals surface area contributed by atoms with Gasteiger partial charge in [-0.25, -0.2) is 4.39 Å². The minimum Gasteiger partial charge on any atom is -0.367 e. The Hall–Kier alpha value is -2.64. The first-order valence-electron chi connectivity index (χ1n) is 8.70. The van der Waals surface area contributed by atoms with E-state index >= 15 is 0 Å². The van der Waals surface area contributed by atoms with Gasteiger partial charge in [0.05, 0.1) is 46.6 Å². The molecule has 0 aliphatic carbocycles. The van der Waals surface area contributed by atoms with Gasteiger partial charge in [-0.1, -0.05) is 0 Å². The predicted molar refractivity (Wildman–Crippen MR) is 103 cm³/mol. The Labute approximate surface area is 159 Å². The number of rotatable bonds is 2. The van der Waals surface area contributed by atoms with Crippen molar-refractivity contribution in [2.45, 2.75) is 32.6 Å². The van der Waals surface area contributed by atoms with Gasteiger partial charge < -0.3 is 4.74 Å². The van der Waals surface area contributed by atoms with Crippen LogP contribution >= 0.6 is 11.3 Å². The van der Waals surface area contributed by atoms with E-state index in [0.29, 0.717) is 18.8 Å². The predicted octanol–water partition coefficient (Wildman–Crippen LogP) is 4.67. The lowest BCUT2D eigenvalue weighted by molar-refractivity contribution is -0.0657. The highest BCUT2D eigenvalue weighted by molar-refractivity contribution is 7.17. The van der Waals surface area contributed by atoms with E-state index in [0.717, 1.165) is 32.7 Å². The summed E-state index contributed by atoms with van der Waals surface area (Å²) >= 11 is 1.65. The average molecular weight is 380 g/mol. The Morgan fingerprint density at radius 1 is 1.19 bits per heavy atom.